The van der Waals surface area contributed by atoms with Crippen molar-refractivity contribution in [3.63, 3.8) is 0 Å². The molecule has 2 amide bonds. The summed E-state index contributed by atoms with van der Waals surface area (Å²) in [5, 5.41) is 14.2. The van der Waals surface area contributed by atoms with Crippen LogP contribution in [-0.2, 0) is 14.3 Å². The maximum atomic E-state index is 12.5. The quantitative estimate of drug-likeness (QED) is 0.546. The summed E-state index contributed by atoms with van der Waals surface area (Å²) in [6.45, 7) is 5.22. The van der Waals surface area contributed by atoms with E-state index in [-0.39, 0.29) is 37.0 Å². The summed E-state index contributed by atoms with van der Waals surface area (Å²) in [6.07, 6.45) is 0.856. The molecule has 0 atom stereocenters. The zero-order valence-electron chi connectivity index (χ0n) is 18.5. The molecule has 168 valence electrons. The Morgan fingerprint density at radius 3 is 2.16 bits per heavy atom. The summed E-state index contributed by atoms with van der Waals surface area (Å²) in [7, 11) is 0. The van der Waals surface area contributed by atoms with Crippen LogP contribution in [-0.4, -0.2) is 41.8 Å². The average molecular weight is 437 g/mol. The number of fused-ring (bicyclic) bond motifs is 3. The van der Waals surface area contributed by atoms with Gasteiger partial charge >= 0.3 is 12.1 Å². The second-order valence-corrected chi connectivity index (χ2v) is 8.51. The van der Waals surface area contributed by atoms with Crippen LogP contribution >= 0.6 is 0 Å². The molecule has 0 bridgehead atoms. The fourth-order valence-electron chi connectivity index (χ4n) is 3.82. The molecular weight excluding hydrogens is 408 g/mol. The molecule has 0 radical (unpaired) electrons. The SMILES string of the molecule is C/C(=C\CNC(=O)CC(C)(C)NC(=O)OCC1c2ccccc2-c2ccccc21)C(=O)O. The standard InChI is InChI=1S/C25H28N2O5/c1-16(23(29)30)12-13-26-22(28)14-25(2,3)27-24(31)32-15-21-19-10-6-4-8-17(19)18-9-5-7-11-20(18)21/h4-12,21H,13-15H2,1-3H3,(H,26,28)(H,27,31)(H,29,30)/b16-12+. The monoisotopic (exact) mass is 436 g/mol. The van der Waals surface area contributed by atoms with Crippen LogP contribution < -0.4 is 10.6 Å². The van der Waals surface area contributed by atoms with E-state index in [0.29, 0.717) is 0 Å². The number of aliphatic carboxylic acids is 1. The summed E-state index contributed by atoms with van der Waals surface area (Å²) < 4.78 is 5.54. The highest BCUT2D eigenvalue weighted by Gasteiger charge is 2.30. The molecule has 0 aromatic heterocycles. The van der Waals surface area contributed by atoms with Gasteiger partial charge in [-0.2, -0.15) is 0 Å². The van der Waals surface area contributed by atoms with Crippen molar-refractivity contribution in [3.05, 3.63) is 71.3 Å². The molecule has 0 saturated carbocycles. The minimum Gasteiger partial charge on any atom is -0.478 e. The van der Waals surface area contributed by atoms with Gasteiger partial charge in [-0.05, 0) is 43.0 Å². The lowest BCUT2D eigenvalue weighted by molar-refractivity contribution is -0.132. The van der Waals surface area contributed by atoms with Crippen molar-refractivity contribution in [1.29, 1.82) is 0 Å². The van der Waals surface area contributed by atoms with E-state index in [0.717, 1.165) is 22.3 Å². The van der Waals surface area contributed by atoms with Crippen LogP contribution in [0, 0.1) is 0 Å². The van der Waals surface area contributed by atoms with Crippen molar-refractivity contribution >= 4 is 18.0 Å². The number of benzene rings is 2. The summed E-state index contributed by atoms with van der Waals surface area (Å²) in [4.78, 5) is 35.4. The predicted molar refractivity (Wildman–Crippen MR) is 121 cm³/mol. The lowest BCUT2D eigenvalue weighted by Crippen LogP contribution is -2.47. The molecule has 1 aliphatic rings. The van der Waals surface area contributed by atoms with Crippen LogP contribution in [0.25, 0.3) is 11.1 Å². The number of hydrogen-bond acceptors (Lipinski definition) is 4. The van der Waals surface area contributed by atoms with E-state index in [1.165, 1.54) is 13.0 Å². The van der Waals surface area contributed by atoms with Gasteiger partial charge in [0.15, 0.2) is 0 Å². The number of amides is 2. The first-order chi connectivity index (χ1) is 15.2. The summed E-state index contributed by atoms with van der Waals surface area (Å²) in [5.74, 6) is -1.37. The average Bonchev–Trinajstić information content (AvgIpc) is 3.05. The molecule has 1 aliphatic carbocycles. The van der Waals surface area contributed by atoms with Crippen LogP contribution in [0.5, 0.6) is 0 Å². The van der Waals surface area contributed by atoms with Crippen molar-refractivity contribution in [3.8, 4) is 11.1 Å². The highest BCUT2D eigenvalue weighted by molar-refractivity contribution is 5.86. The van der Waals surface area contributed by atoms with E-state index < -0.39 is 17.6 Å². The third-order valence-corrected chi connectivity index (χ3v) is 5.43. The van der Waals surface area contributed by atoms with Gasteiger partial charge in [0.1, 0.15) is 6.61 Å². The molecule has 2 aromatic rings. The molecule has 7 heteroatoms. The van der Waals surface area contributed by atoms with Gasteiger partial charge < -0.3 is 20.5 Å². The van der Waals surface area contributed by atoms with Crippen LogP contribution in [0.1, 0.15) is 44.2 Å². The fraction of sp³-hybridized carbons (Fsp3) is 0.320. The lowest BCUT2D eigenvalue weighted by Gasteiger charge is -2.25. The maximum absolute atomic E-state index is 12.5. The van der Waals surface area contributed by atoms with E-state index >= 15 is 0 Å². The van der Waals surface area contributed by atoms with E-state index in [1.807, 2.05) is 24.3 Å². The predicted octanol–water partition coefficient (Wildman–Crippen LogP) is 3.84. The highest BCUT2D eigenvalue weighted by Crippen LogP contribution is 2.44. The molecule has 3 rings (SSSR count). The Balaban J connectivity index is 1.54. The molecule has 0 aliphatic heterocycles. The number of rotatable bonds is 8. The molecule has 0 spiro atoms. The number of carbonyl (C=O) groups excluding carboxylic acids is 2. The molecule has 0 saturated heterocycles. The van der Waals surface area contributed by atoms with Crippen LogP contribution in [0.2, 0.25) is 0 Å². The molecule has 0 unspecified atom stereocenters. The van der Waals surface area contributed by atoms with Gasteiger partial charge in [-0.15, -0.1) is 0 Å². The summed E-state index contributed by atoms with van der Waals surface area (Å²) in [6, 6.07) is 16.2. The molecule has 0 fully saturated rings. The minimum atomic E-state index is -1.03. The fourth-order valence-corrected chi connectivity index (χ4v) is 3.82. The Kier molecular flexibility index (Phi) is 6.98. The lowest BCUT2D eigenvalue weighted by atomic mass is 9.98. The van der Waals surface area contributed by atoms with Gasteiger partial charge in [0.2, 0.25) is 5.91 Å². The Hall–Kier alpha value is -3.61. The Morgan fingerprint density at radius 2 is 1.59 bits per heavy atom. The van der Waals surface area contributed by atoms with E-state index in [4.69, 9.17) is 9.84 Å². The smallest absolute Gasteiger partial charge is 0.407 e. The molecule has 0 heterocycles. The van der Waals surface area contributed by atoms with Crippen LogP contribution in [0.3, 0.4) is 0 Å². The molecule has 32 heavy (non-hydrogen) atoms. The first kappa shape index (κ1) is 23.1. The highest BCUT2D eigenvalue weighted by atomic mass is 16.5. The third kappa shape index (κ3) is 5.55. The van der Waals surface area contributed by atoms with E-state index in [1.54, 1.807) is 13.8 Å². The molecule has 7 nitrogen and oxygen atoms in total. The maximum Gasteiger partial charge on any atom is 0.407 e. The minimum absolute atomic E-state index is 0.0250. The topological polar surface area (TPSA) is 105 Å². The molecule has 2 aromatic carbocycles. The van der Waals surface area contributed by atoms with Crippen molar-refractivity contribution in [2.24, 2.45) is 0 Å². The first-order valence-electron chi connectivity index (χ1n) is 10.5. The second kappa shape index (κ2) is 9.68. The molecular formula is C25H28N2O5. The largest absolute Gasteiger partial charge is 0.478 e. The van der Waals surface area contributed by atoms with Crippen molar-refractivity contribution in [2.45, 2.75) is 38.6 Å². The Labute approximate surface area is 187 Å². The third-order valence-electron chi connectivity index (χ3n) is 5.43. The number of hydrogen-bond donors (Lipinski definition) is 3. The van der Waals surface area contributed by atoms with Gasteiger partial charge in [-0.1, -0.05) is 54.6 Å². The van der Waals surface area contributed by atoms with Crippen LogP contribution in [0.15, 0.2) is 60.2 Å². The number of carboxylic acids is 1. The zero-order chi connectivity index (χ0) is 23.3. The van der Waals surface area contributed by atoms with E-state index in [9.17, 15) is 14.4 Å². The Morgan fingerprint density at radius 1 is 1.03 bits per heavy atom. The van der Waals surface area contributed by atoms with Gasteiger partial charge in [-0.3, -0.25) is 4.79 Å². The normalized spacial score (nSPS) is 13.2. The Bertz CT molecular complexity index is 1010. The number of carbonyl (C=O) groups is 3. The van der Waals surface area contributed by atoms with Gasteiger partial charge in [0.05, 0.1) is 0 Å². The van der Waals surface area contributed by atoms with E-state index in [2.05, 4.69) is 34.9 Å². The van der Waals surface area contributed by atoms with Crippen molar-refractivity contribution in [2.75, 3.05) is 13.2 Å². The number of carboxylic acid groups (broad SMARTS) is 1. The number of nitrogens with one attached hydrogen (secondary N) is 2. The number of alkyl carbamates (subject to hydrolysis) is 1. The van der Waals surface area contributed by atoms with Gasteiger partial charge in [0.25, 0.3) is 0 Å². The summed E-state index contributed by atoms with van der Waals surface area (Å²) >= 11 is 0. The molecule has 3 N–H and O–H groups in total. The number of ether oxygens (including phenoxy) is 1. The zero-order valence-corrected chi connectivity index (χ0v) is 18.5. The van der Waals surface area contributed by atoms with Gasteiger partial charge in [0, 0.05) is 30.0 Å². The van der Waals surface area contributed by atoms with Crippen molar-refractivity contribution in [1.82, 2.24) is 10.6 Å². The first-order valence-corrected chi connectivity index (χ1v) is 10.5. The summed E-state index contributed by atoms with van der Waals surface area (Å²) in [5.41, 5.74) is 3.89. The second-order valence-electron chi connectivity index (χ2n) is 8.51. The van der Waals surface area contributed by atoms with Crippen LogP contribution in [0.4, 0.5) is 4.79 Å². The van der Waals surface area contributed by atoms with Crippen molar-refractivity contribution < 1.29 is 24.2 Å². The van der Waals surface area contributed by atoms with Gasteiger partial charge in [-0.25, -0.2) is 9.59 Å².